The lowest BCUT2D eigenvalue weighted by Crippen LogP contribution is -2.47. The van der Waals surface area contributed by atoms with Gasteiger partial charge in [0.1, 0.15) is 0 Å². The monoisotopic (exact) mass is 294 g/mol. The molecular formula is C14H18N2O3S. The minimum Gasteiger partial charge on any atom is -0.378 e. The molecule has 1 aliphatic rings. The van der Waals surface area contributed by atoms with Crippen LogP contribution in [0.2, 0.25) is 0 Å². The van der Waals surface area contributed by atoms with Crippen LogP contribution in [0.25, 0.3) is 0 Å². The molecular weight excluding hydrogens is 276 g/mol. The molecule has 0 atom stereocenters. The van der Waals surface area contributed by atoms with Crippen LogP contribution in [-0.2, 0) is 21.2 Å². The van der Waals surface area contributed by atoms with Crippen LogP contribution in [0.1, 0.15) is 25.3 Å². The molecule has 0 radical (unpaired) electrons. The minimum atomic E-state index is -3.48. The van der Waals surface area contributed by atoms with Crippen molar-refractivity contribution in [1.29, 1.82) is 5.26 Å². The Labute approximate surface area is 119 Å². The summed E-state index contributed by atoms with van der Waals surface area (Å²) in [6, 6.07) is 8.39. The van der Waals surface area contributed by atoms with Crippen LogP contribution in [0, 0.1) is 11.3 Å². The topological polar surface area (TPSA) is 79.2 Å². The number of hydrogen-bond acceptors (Lipinski definition) is 4. The van der Waals surface area contributed by atoms with Crippen molar-refractivity contribution in [2.45, 2.75) is 43.2 Å². The zero-order valence-corrected chi connectivity index (χ0v) is 12.2. The lowest BCUT2D eigenvalue weighted by atomic mass is 9.90. The molecule has 0 unspecified atom stereocenters. The van der Waals surface area contributed by atoms with E-state index in [1.54, 1.807) is 12.1 Å². The maximum Gasteiger partial charge on any atom is 0.240 e. The lowest BCUT2D eigenvalue weighted by Gasteiger charge is -2.35. The smallest absolute Gasteiger partial charge is 0.240 e. The van der Waals surface area contributed by atoms with Crippen molar-refractivity contribution in [3.05, 3.63) is 29.8 Å². The molecule has 2 rings (SSSR count). The SMILES string of the molecule is CCOC1CC(NS(=O)(=O)c2ccc(CC#N)cc2)C1. The number of ether oxygens (including phenoxy) is 1. The summed E-state index contributed by atoms with van der Waals surface area (Å²) in [6.07, 6.45) is 1.90. The molecule has 0 aromatic heterocycles. The summed E-state index contributed by atoms with van der Waals surface area (Å²) in [7, 11) is -3.48. The number of nitriles is 1. The predicted octanol–water partition coefficient (Wildman–Crippen LogP) is 1.60. The first-order chi connectivity index (χ1) is 9.55. The van der Waals surface area contributed by atoms with Crippen LogP contribution >= 0.6 is 0 Å². The summed E-state index contributed by atoms with van der Waals surface area (Å²) in [5, 5.41) is 8.58. The molecule has 108 valence electrons. The standard InChI is InChI=1S/C14H18N2O3S/c1-2-19-13-9-12(10-13)16-20(17,18)14-5-3-11(4-6-14)7-8-15/h3-6,12-13,16H,2,7,9-10H2,1H3. The van der Waals surface area contributed by atoms with Crippen molar-refractivity contribution in [2.24, 2.45) is 0 Å². The van der Waals surface area contributed by atoms with Crippen molar-refractivity contribution in [3.8, 4) is 6.07 Å². The molecule has 20 heavy (non-hydrogen) atoms. The van der Waals surface area contributed by atoms with Crippen LogP contribution < -0.4 is 4.72 Å². The zero-order chi connectivity index (χ0) is 14.6. The second kappa shape index (κ2) is 6.35. The third kappa shape index (κ3) is 3.57. The Morgan fingerprint density at radius 1 is 1.35 bits per heavy atom. The predicted molar refractivity (Wildman–Crippen MR) is 74.5 cm³/mol. The molecule has 1 aliphatic carbocycles. The fraction of sp³-hybridized carbons (Fsp3) is 0.500. The van der Waals surface area contributed by atoms with Gasteiger partial charge in [0.2, 0.25) is 10.0 Å². The normalized spacial score (nSPS) is 22.0. The number of nitrogens with zero attached hydrogens (tertiary/aromatic N) is 1. The van der Waals surface area contributed by atoms with E-state index in [2.05, 4.69) is 4.72 Å². The van der Waals surface area contributed by atoms with Crippen LogP contribution in [0.3, 0.4) is 0 Å². The maximum atomic E-state index is 12.2. The Morgan fingerprint density at radius 2 is 2.00 bits per heavy atom. The van der Waals surface area contributed by atoms with Gasteiger partial charge in [-0.25, -0.2) is 13.1 Å². The average molecular weight is 294 g/mol. The van der Waals surface area contributed by atoms with Crippen LogP contribution in [0.15, 0.2) is 29.2 Å². The van der Waals surface area contributed by atoms with Crippen LogP contribution in [0.4, 0.5) is 0 Å². The number of nitrogens with one attached hydrogen (secondary N) is 1. The van der Waals surface area contributed by atoms with E-state index in [0.717, 1.165) is 18.4 Å². The third-order valence-corrected chi connectivity index (χ3v) is 4.87. The van der Waals surface area contributed by atoms with Gasteiger partial charge in [0.25, 0.3) is 0 Å². The van der Waals surface area contributed by atoms with Gasteiger partial charge >= 0.3 is 0 Å². The maximum absolute atomic E-state index is 12.2. The molecule has 0 amide bonds. The molecule has 0 saturated heterocycles. The summed E-state index contributed by atoms with van der Waals surface area (Å²) in [5.74, 6) is 0. The molecule has 6 heteroatoms. The van der Waals surface area contributed by atoms with Crippen molar-refractivity contribution < 1.29 is 13.2 Å². The van der Waals surface area contributed by atoms with Gasteiger partial charge < -0.3 is 4.74 Å². The number of benzene rings is 1. The highest BCUT2D eigenvalue weighted by Crippen LogP contribution is 2.25. The van der Waals surface area contributed by atoms with Crippen molar-refractivity contribution in [1.82, 2.24) is 4.72 Å². The average Bonchev–Trinajstić information content (AvgIpc) is 2.37. The Kier molecular flexibility index (Phi) is 4.76. The van der Waals surface area contributed by atoms with E-state index in [-0.39, 0.29) is 23.5 Å². The van der Waals surface area contributed by atoms with Gasteiger partial charge in [-0.1, -0.05) is 12.1 Å². The summed E-state index contributed by atoms with van der Waals surface area (Å²) in [6.45, 7) is 2.59. The van der Waals surface area contributed by atoms with Gasteiger partial charge in [-0.2, -0.15) is 5.26 Å². The summed E-state index contributed by atoms with van der Waals surface area (Å²) in [5.41, 5.74) is 0.812. The summed E-state index contributed by atoms with van der Waals surface area (Å²) in [4.78, 5) is 0.235. The molecule has 1 fully saturated rings. The molecule has 0 spiro atoms. The number of sulfonamides is 1. The van der Waals surface area contributed by atoms with E-state index in [4.69, 9.17) is 10.00 Å². The minimum absolute atomic E-state index is 0.0460. The summed E-state index contributed by atoms with van der Waals surface area (Å²) >= 11 is 0. The van der Waals surface area contributed by atoms with E-state index in [9.17, 15) is 8.42 Å². The number of rotatable bonds is 6. The Morgan fingerprint density at radius 3 is 2.55 bits per heavy atom. The first kappa shape index (κ1) is 15.0. The van der Waals surface area contributed by atoms with Crippen molar-refractivity contribution >= 4 is 10.0 Å². The van der Waals surface area contributed by atoms with Gasteiger partial charge in [0.05, 0.1) is 23.5 Å². The van der Waals surface area contributed by atoms with Gasteiger partial charge in [0, 0.05) is 12.6 Å². The second-order valence-corrected chi connectivity index (χ2v) is 6.56. The molecule has 1 N–H and O–H groups in total. The van der Waals surface area contributed by atoms with E-state index < -0.39 is 10.0 Å². The molecule has 1 saturated carbocycles. The Bertz CT molecular complexity index is 584. The molecule has 1 aromatic carbocycles. The lowest BCUT2D eigenvalue weighted by molar-refractivity contribution is -0.00475. The largest absolute Gasteiger partial charge is 0.378 e. The van der Waals surface area contributed by atoms with Gasteiger partial charge in [0.15, 0.2) is 0 Å². The molecule has 0 heterocycles. The Hall–Kier alpha value is -1.42. The third-order valence-electron chi connectivity index (χ3n) is 3.34. The summed E-state index contributed by atoms with van der Waals surface area (Å²) < 4.78 is 32.4. The van der Waals surface area contributed by atoms with E-state index >= 15 is 0 Å². The van der Waals surface area contributed by atoms with Crippen LogP contribution in [-0.4, -0.2) is 27.2 Å². The van der Waals surface area contributed by atoms with E-state index in [0.29, 0.717) is 6.61 Å². The van der Waals surface area contributed by atoms with Gasteiger partial charge in [-0.3, -0.25) is 0 Å². The van der Waals surface area contributed by atoms with Crippen LogP contribution in [0.5, 0.6) is 0 Å². The van der Waals surface area contributed by atoms with E-state index in [1.165, 1.54) is 12.1 Å². The molecule has 0 aliphatic heterocycles. The van der Waals surface area contributed by atoms with Gasteiger partial charge in [-0.15, -0.1) is 0 Å². The van der Waals surface area contributed by atoms with Crippen molar-refractivity contribution in [2.75, 3.05) is 6.61 Å². The zero-order valence-electron chi connectivity index (χ0n) is 11.4. The highest BCUT2D eigenvalue weighted by atomic mass is 32.2. The molecule has 0 bridgehead atoms. The first-order valence-corrected chi connectivity index (χ1v) is 8.13. The number of hydrogen-bond donors (Lipinski definition) is 1. The first-order valence-electron chi connectivity index (χ1n) is 6.65. The second-order valence-electron chi connectivity index (χ2n) is 4.85. The van der Waals surface area contributed by atoms with Gasteiger partial charge in [-0.05, 0) is 37.5 Å². The Balaban J connectivity index is 1.95. The molecule has 5 nitrogen and oxygen atoms in total. The van der Waals surface area contributed by atoms with E-state index in [1.807, 2.05) is 13.0 Å². The highest BCUT2D eigenvalue weighted by molar-refractivity contribution is 7.89. The quantitative estimate of drug-likeness (QED) is 0.864. The van der Waals surface area contributed by atoms with Crippen molar-refractivity contribution in [3.63, 3.8) is 0 Å². The fourth-order valence-electron chi connectivity index (χ4n) is 2.20. The fourth-order valence-corrected chi connectivity index (χ4v) is 3.46. The molecule has 1 aromatic rings. The highest BCUT2D eigenvalue weighted by Gasteiger charge is 2.33.